The Morgan fingerprint density at radius 3 is 2.15 bits per heavy atom. The molecule has 0 bridgehead atoms. The molecule has 0 unspecified atom stereocenters. The minimum Gasteiger partial charge on any atom is -0.390 e. The van der Waals surface area contributed by atoms with Crippen LogP contribution < -0.4 is 0 Å². The molecule has 2 N–H and O–H groups in total. The van der Waals surface area contributed by atoms with Crippen molar-refractivity contribution in [3.8, 4) is 0 Å². The van der Waals surface area contributed by atoms with Crippen LogP contribution in [0.2, 0.25) is 0 Å². The quantitative estimate of drug-likeness (QED) is 0.281. The van der Waals surface area contributed by atoms with Gasteiger partial charge in [0.05, 0.1) is 19.3 Å². The van der Waals surface area contributed by atoms with Crippen LogP contribution >= 0.6 is 7.82 Å². The summed E-state index contributed by atoms with van der Waals surface area (Å²) in [6, 6.07) is 18.1. The Bertz CT molecular complexity index is 1550. The largest absolute Gasteiger partial charge is 0.475 e. The van der Waals surface area contributed by atoms with Gasteiger partial charge in [-0.1, -0.05) is 86.2 Å². The molecule has 0 aromatic heterocycles. The summed E-state index contributed by atoms with van der Waals surface area (Å²) < 4.78 is 48.3. The summed E-state index contributed by atoms with van der Waals surface area (Å²) in [5.74, 6) is -2.63. The van der Waals surface area contributed by atoms with Crippen molar-refractivity contribution in [2.75, 3.05) is 6.61 Å². The van der Waals surface area contributed by atoms with Crippen molar-refractivity contribution in [3.05, 3.63) is 95.6 Å². The number of benzene rings is 2. The SMILES string of the molecule is C[C@@H]1C[C@H]2[C@@H]3CCC4=CC(=O)C=C[C@]4(C)[C@@]3(F)[C@@H](O)C[C@]2(C)[C@@]1(O)C(=O)COP(=O)(OCc1ccccc1)OCc1ccccc1. The van der Waals surface area contributed by atoms with E-state index in [0.29, 0.717) is 24.8 Å². The molecule has 6 rings (SSSR count). The van der Waals surface area contributed by atoms with Crippen LogP contribution in [0.3, 0.4) is 0 Å². The van der Waals surface area contributed by atoms with Gasteiger partial charge < -0.3 is 10.2 Å². The fourth-order valence-corrected chi connectivity index (χ4v) is 10.1. The fourth-order valence-electron chi connectivity index (χ4n) is 8.96. The van der Waals surface area contributed by atoms with Crippen molar-refractivity contribution in [1.82, 2.24) is 0 Å². The lowest BCUT2D eigenvalue weighted by molar-refractivity contribution is -0.219. The van der Waals surface area contributed by atoms with Gasteiger partial charge in [0, 0.05) is 16.7 Å². The highest BCUT2D eigenvalue weighted by atomic mass is 31.2. The summed E-state index contributed by atoms with van der Waals surface area (Å²) >= 11 is 0. The maximum absolute atomic E-state index is 17.5. The maximum atomic E-state index is 17.5. The molecule has 10 heteroatoms. The van der Waals surface area contributed by atoms with Gasteiger partial charge in [-0.05, 0) is 67.7 Å². The van der Waals surface area contributed by atoms with Crippen LogP contribution in [0.1, 0.15) is 57.6 Å². The standard InChI is InChI=1S/C36H42FO8P/c1-24-18-30-29-15-14-27-19-28(38)16-17-33(27,2)35(29,37)31(39)20-34(30,3)36(24,41)32(40)23-45-46(42,43-21-25-10-6-4-7-11-25)44-22-26-12-8-5-9-13-26/h4-13,16-17,19,24,29-31,39,41H,14-15,18,20-23H2,1-3H3/t24-,29+,30+,31+,33+,34+,35+,36+/m1/s1. The molecule has 0 radical (unpaired) electrons. The summed E-state index contributed by atoms with van der Waals surface area (Å²) in [6.07, 6.45) is 3.94. The van der Waals surface area contributed by atoms with Gasteiger partial charge >= 0.3 is 7.82 Å². The third-order valence-corrected chi connectivity index (χ3v) is 12.8. The minimum absolute atomic E-state index is 0.0940. The van der Waals surface area contributed by atoms with Crippen LogP contribution in [0.25, 0.3) is 0 Å². The zero-order valence-corrected chi connectivity index (χ0v) is 27.3. The monoisotopic (exact) mass is 652 g/mol. The Kier molecular flexibility index (Phi) is 8.67. The first-order valence-corrected chi connectivity index (χ1v) is 17.4. The number of hydrogen-bond acceptors (Lipinski definition) is 8. The normalized spacial score (nSPS) is 36.8. The minimum atomic E-state index is -4.31. The molecule has 0 amide bonds. The Balaban J connectivity index is 1.24. The second kappa shape index (κ2) is 12.0. The summed E-state index contributed by atoms with van der Waals surface area (Å²) in [7, 11) is -4.31. The molecule has 2 aromatic rings. The van der Waals surface area contributed by atoms with E-state index < -0.39 is 66.2 Å². The number of Topliss-reactive ketones (excluding diaryl/α,β-unsaturated/α-hetero) is 1. The molecule has 0 spiro atoms. The van der Waals surface area contributed by atoms with E-state index in [-0.39, 0.29) is 25.4 Å². The number of aliphatic hydroxyl groups is 2. The van der Waals surface area contributed by atoms with Crippen molar-refractivity contribution >= 4 is 19.4 Å². The molecule has 0 heterocycles. The van der Waals surface area contributed by atoms with Crippen molar-refractivity contribution in [1.29, 1.82) is 0 Å². The lowest BCUT2D eigenvalue weighted by atomic mass is 9.44. The number of phosphoric ester groups is 1. The van der Waals surface area contributed by atoms with Gasteiger partial charge in [0.15, 0.2) is 17.2 Å². The third-order valence-electron chi connectivity index (χ3n) is 11.5. The highest BCUT2D eigenvalue weighted by molar-refractivity contribution is 7.48. The molecule has 46 heavy (non-hydrogen) atoms. The molecule has 2 aromatic carbocycles. The highest BCUT2D eigenvalue weighted by Gasteiger charge is 2.75. The lowest BCUT2D eigenvalue weighted by Crippen LogP contribution is -2.69. The van der Waals surface area contributed by atoms with Crippen LogP contribution in [0, 0.1) is 28.6 Å². The van der Waals surface area contributed by atoms with Gasteiger partial charge in [0.1, 0.15) is 12.2 Å². The topological polar surface area (TPSA) is 119 Å². The highest BCUT2D eigenvalue weighted by Crippen LogP contribution is 2.70. The first kappa shape index (κ1) is 33.1. The number of ketones is 2. The van der Waals surface area contributed by atoms with Gasteiger partial charge in [-0.3, -0.25) is 23.2 Å². The average Bonchev–Trinajstić information content (AvgIpc) is 3.25. The van der Waals surface area contributed by atoms with E-state index >= 15 is 4.39 Å². The van der Waals surface area contributed by atoms with Crippen molar-refractivity contribution in [3.63, 3.8) is 0 Å². The zero-order chi connectivity index (χ0) is 33.0. The van der Waals surface area contributed by atoms with Crippen LogP contribution in [-0.4, -0.2) is 45.8 Å². The number of alkyl halides is 1. The molecule has 3 saturated carbocycles. The van der Waals surface area contributed by atoms with Crippen LogP contribution in [0.4, 0.5) is 4.39 Å². The Labute approximate surface area is 269 Å². The number of phosphoric acid groups is 1. The first-order chi connectivity index (χ1) is 21.8. The molecular formula is C36H42FO8P. The molecule has 4 aliphatic rings. The van der Waals surface area contributed by atoms with Crippen LogP contribution in [0.5, 0.6) is 0 Å². The van der Waals surface area contributed by atoms with E-state index in [1.807, 2.05) is 36.4 Å². The molecule has 4 aliphatic carbocycles. The third kappa shape index (κ3) is 5.20. The number of carbonyl (C=O) groups excluding carboxylic acids is 2. The molecule has 246 valence electrons. The van der Waals surface area contributed by atoms with Gasteiger partial charge in [0.2, 0.25) is 0 Å². The second-order valence-electron chi connectivity index (χ2n) is 13.8. The molecule has 8 nitrogen and oxygen atoms in total. The summed E-state index contributed by atoms with van der Waals surface area (Å²) in [4.78, 5) is 26.2. The lowest BCUT2D eigenvalue weighted by Gasteiger charge is -2.62. The van der Waals surface area contributed by atoms with Gasteiger partial charge in [0.25, 0.3) is 0 Å². The zero-order valence-electron chi connectivity index (χ0n) is 26.4. The van der Waals surface area contributed by atoms with E-state index in [9.17, 15) is 24.4 Å². The predicted molar refractivity (Wildman–Crippen MR) is 169 cm³/mol. The van der Waals surface area contributed by atoms with Crippen LogP contribution in [0.15, 0.2) is 84.5 Å². The Morgan fingerprint density at radius 2 is 1.57 bits per heavy atom. The maximum Gasteiger partial charge on any atom is 0.475 e. The molecule has 8 atom stereocenters. The average molecular weight is 653 g/mol. The number of halogens is 1. The molecule has 0 aliphatic heterocycles. The Hall–Kier alpha value is -2.78. The van der Waals surface area contributed by atoms with E-state index in [2.05, 4.69) is 0 Å². The number of rotatable bonds is 10. The van der Waals surface area contributed by atoms with Gasteiger partial charge in [-0.2, -0.15) is 0 Å². The first-order valence-electron chi connectivity index (χ1n) is 16.0. The van der Waals surface area contributed by atoms with Crippen molar-refractivity contribution in [2.24, 2.45) is 28.6 Å². The number of fused-ring (bicyclic) bond motifs is 5. The smallest absolute Gasteiger partial charge is 0.390 e. The van der Waals surface area contributed by atoms with Gasteiger partial charge in [-0.25, -0.2) is 8.96 Å². The summed E-state index contributed by atoms with van der Waals surface area (Å²) in [5, 5.41) is 23.9. The van der Waals surface area contributed by atoms with E-state index in [1.54, 1.807) is 51.1 Å². The van der Waals surface area contributed by atoms with Crippen molar-refractivity contribution in [2.45, 2.75) is 77.0 Å². The second-order valence-corrected chi connectivity index (χ2v) is 15.5. The van der Waals surface area contributed by atoms with E-state index in [1.165, 1.54) is 12.2 Å². The molecule has 3 fully saturated rings. The summed E-state index contributed by atoms with van der Waals surface area (Å²) in [6.45, 7) is 4.27. The number of aliphatic hydroxyl groups excluding tert-OH is 1. The Morgan fingerprint density at radius 1 is 0.978 bits per heavy atom. The fraction of sp³-hybridized carbons (Fsp3) is 0.500. The number of hydrogen-bond donors (Lipinski definition) is 2. The van der Waals surface area contributed by atoms with Crippen LogP contribution in [-0.2, 0) is 40.9 Å². The summed E-state index contributed by atoms with van der Waals surface area (Å²) in [5.41, 5.74) is -4.36. The molecule has 0 saturated heterocycles. The van der Waals surface area contributed by atoms with E-state index in [0.717, 1.165) is 11.1 Å². The van der Waals surface area contributed by atoms with Gasteiger partial charge in [-0.15, -0.1) is 0 Å². The van der Waals surface area contributed by atoms with Crippen molar-refractivity contribution < 1.29 is 42.3 Å². The number of carbonyl (C=O) groups is 2. The predicted octanol–water partition coefficient (Wildman–Crippen LogP) is 6.46. The van der Waals surface area contributed by atoms with E-state index in [4.69, 9.17) is 13.6 Å². The number of allylic oxidation sites excluding steroid dienone is 4. The molecular weight excluding hydrogens is 610 g/mol.